The first-order valence-electron chi connectivity index (χ1n) is 15.6. The molecule has 2 N–H and O–H groups in total. The van der Waals surface area contributed by atoms with Crippen LogP contribution in [0.2, 0.25) is 0 Å². The van der Waals surface area contributed by atoms with Crippen LogP contribution in [0, 0.1) is 11.8 Å². The number of hydrogen-bond donors (Lipinski definition) is 2. The molecule has 2 bridgehead atoms. The van der Waals surface area contributed by atoms with Crippen molar-refractivity contribution in [3.63, 3.8) is 0 Å². The van der Waals surface area contributed by atoms with Crippen LogP contribution in [0.1, 0.15) is 63.9 Å². The van der Waals surface area contributed by atoms with Crippen molar-refractivity contribution in [2.45, 2.75) is 82.1 Å². The average Bonchev–Trinajstić information content (AvgIpc) is 3.62. The summed E-state index contributed by atoms with van der Waals surface area (Å²) in [4.78, 5) is 45.9. The van der Waals surface area contributed by atoms with E-state index in [2.05, 4.69) is 29.4 Å². The monoisotopic (exact) mass is 564 g/mol. The lowest BCUT2D eigenvalue weighted by molar-refractivity contribution is -0.141. The largest absolute Gasteiger partial charge is 0.379 e. The van der Waals surface area contributed by atoms with Crippen LogP contribution in [-0.4, -0.2) is 90.7 Å². The molecule has 222 valence electrons. The zero-order valence-electron chi connectivity index (χ0n) is 24.3. The number of carbonyl (C=O) groups is 3. The lowest BCUT2D eigenvalue weighted by atomic mass is 9.74. The number of benzene rings is 1. The number of ether oxygens (including phenoxy) is 2. The van der Waals surface area contributed by atoms with E-state index in [-0.39, 0.29) is 23.8 Å². The van der Waals surface area contributed by atoms with E-state index in [9.17, 15) is 14.4 Å². The lowest BCUT2D eigenvalue weighted by Gasteiger charge is -2.34. The third kappa shape index (κ3) is 5.44. The van der Waals surface area contributed by atoms with Gasteiger partial charge in [0, 0.05) is 37.9 Å². The summed E-state index contributed by atoms with van der Waals surface area (Å²) in [5.74, 6) is -1.57. The second-order valence-electron chi connectivity index (χ2n) is 12.6. The van der Waals surface area contributed by atoms with Gasteiger partial charge in [0.2, 0.25) is 17.7 Å². The van der Waals surface area contributed by atoms with E-state index in [4.69, 9.17) is 9.47 Å². The van der Waals surface area contributed by atoms with Crippen LogP contribution in [0.15, 0.2) is 36.4 Å². The summed E-state index contributed by atoms with van der Waals surface area (Å²) in [5, 5.41) is 6.30. The lowest BCUT2D eigenvalue weighted by Crippen LogP contribution is -2.56. The molecule has 0 unspecified atom stereocenters. The van der Waals surface area contributed by atoms with Gasteiger partial charge in [0.05, 0.1) is 31.2 Å². The van der Waals surface area contributed by atoms with E-state index in [0.29, 0.717) is 18.2 Å². The van der Waals surface area contributed by atoms with Crippen molar-refractivity contribution in [1.82, 2.24) is 15.1 Å². The summed E-state index contributed by atoms with van der Waals surface area (Å²) in [7, 11) is 0. The molecule has 3 amide bonds. The van der Waals surface area contributed by atoms with Crippen LogP contribution in [0.5, 0.6) is 0 Å². The van der Waals surface area contributed by atoms with Crippen LogP contribution in [-0.2, 0) is 23.9 Å². The predicted molar refractivity (Wildman–Crippen MR) is 155 cm³/mol. The Morgan fingerprint density at radius 2 is 1.76 bits per heavy atom. The highest BCUT2D eigenvalue weighted by Gasteiger charge is 2.72. The van der Waals surface area contributed by atoms with Gasteiger partial charge in [-0.25, -0.2) is 0 Å². The number of morpholine rings is 1. The van der Waals surface area contributed by atoms with Gasteiger partial charge in [-0.3, -0.25) is 19.3 Å². The van der Waals surface area contributed by atoms with Gasteiger partial charge in [-0.05, 0) is 42.9 Å². The maximum absolute atomic E-state index is 14.2. The van der Waals surface area contributed by atoms with Gasteiger partial charge < -0.3 is 25.0 Å². The molecular weight excluding hydrogens is 520 g/mol. The van der Waals surface area contributed by atoms with Gasteiger partial charge in [-0.15, -0.1) is 0 Å². The topological polar surface area (TPSA) is 100 Å². The van der Waals surface area contributed by atoms with Crippen LogP contribution in [0.4, 0.5) is 5.69 Å². The Balaban J connectivity index is 1.22. The van der Waals surface area contributed by atoms with Crippen molar-refractivity contribution in [1.29, 1.82) is 0 Å². The Labute approximate surface area is 243 Å². The maximum Gasteiger partial charge on any atom is 0.246 e. The fraction of sp³-hybridized carbons (Fsp3) is 0.656. The van der Waals surface area contributed by atoms with Gasteiger partial charge >= 0.3 is 0 Å². The molecule has 1 saturated carbocycles. The number of likely N-dealkylation sites (tertiary alicyclic amines) is 1. The quantitative estimate of drug-likeness (QED) is 0.448. The molecule has 9 heteroatoms. The Morgan fingerprint density at radius 1 is 1.02 bits per heavy atom. The molecule has 41 heavy (non-hydrogen) atoms. The number of nitrogens with one attached hydrogen (secondary N) is 2. The highest BCUT2D eigenvalue weighted by molar-refractivity contribution is 6.02. The SMILES string of the molecule is CC(C)c1ccc(NC(=O)[C@@H]2[C@@H]3C=C[C@]4(O3)[C@@H]2C(=O)N(CCCN2CCOCC2)[C@@H]4C(=O)NC2CCCCC2)cc1. The van der Waals surface area contributed by atoms with Gasteiger partial charge in [0.25, 0.3) is 0 Å². The number of nitrogens with zero attached hydrogens (tertiary/aromatic N) is 2. The van der Waals surface area contributed by atoms with E-state index in [0.717, 1.165) is 65.0 Å². The Bertz CT molecular complexity index is 1160. The van der Waals surface area contributed by atoms with Crippen molar-refractivity contribution in [3.05, 3.63) is 42.0 Å². The molecule has 3 saturated heterocycles. The highest BCUT2D eigenvalue weighted by Crippen LogP contribution is 2.55. The molecular formula is C32H44N4O5. The van der Waals surface area contributed by atoms with Crippen LogP contribution < -0.4 is 10.6 Å². The number of hydrogen-bond acceptors (Lipinski definition) is 6. The summed E-state index contributed by atoms with van der Waals surface area (Å²) in [5.41, 5.74) is 0.765. The predicted octanol–water partition coefficient (Wildman–Crippen LogP) is 3.07. The van der Waals surface area contributed by atoms with E-state index in [1.165, 1.54) is 12.0 Å². The number of fused-ring (bicyclic) bond motifs is 1. The molecule has 4 fully saturated rings. The third-order valence-corrected chi connectivity index (χ3v) is 9.70. The molecule has 4 heterocycles. The van der Waals surface area contributed by atoms with E-state index in [1.54, 1.807) is 4.90 Å². The molecule has 0 aromatic heterocycles. The second-order valence-corrected chi connectivity index (χ2v) is 12.6. The van der Waals surface area contributed by atoms with Crippen LogP contribution in [0.25, 0.3) is 0 Å². The Morgan fingerprint density at radius 3 is 2.46 bits per heavy atom. The molecule has 5 aliphatic rings. The summed E-state index contributed by atoms with van der Waals surface area (Å²) in [6.07, 6.45) is 9.31. The fourth-order valence-electron chi connectivity index (χ4n) is 7.50. The van der Waals surface area contributed by atoms with E-state index in [1.807, 2.05) is 36.4 Å². The first-order chi connectivity index (χ1) is 19.9. The minimum Gasteiger partial charge on any atom is -0.379 e. The number of rotatable bonds is 9. The minimum absolute atomic E-state index is 0.118. The van der Waals surface area contributed by atoms with Gasteiger partial charge in [-0.2, -0.15) is 0 Å². The minimum atomic E-state index is -1.12. The normalized spacial score (nSPS) is 31.6. The number of anilines is 1. The van der Waals surface area contributed by atoms with E-state index >= 15 is 0 Å². The molecule has 1 spiro atoms. The molecule has 1 aromatic rings. The Hall–Kier alpha value is -2.75. The third-order valence-electron chi connectivity index (χ3n) is 9.70. The van der Waals surface area contributed by atoms with Crippen LogP contribution >= 0.6 is 0 Å². The van der Waals surface area contributed by atoms with Crippen molar-refractivity contribution in [2.75, 3.05) is 44.7 Å². The van der Waals surface area contributed by atoms with Gasteiger partial charge in [0.1, 0.15) is 11.6 Å². The standard InChI is InChI=1S/C32H44N4O5/c1-21(2)22-9-11-24(12-10-22)33-29(37)26-25-13-14-32(41-25)27(26)31(39)36(16-6-15-35-17-19-40-20-18-35)28(32)30(38)34-23-7-4-3-5-8-23/h9-14,21,23,25-28H,3-8,15-20H2,1-2H3,(H,33,37)(H,34,38)/t25-,26+,27-,28+,32-/m0/s1. The second kappa shape index (κ2) is 11.9. The first-order valence-corrected chi connectivity index (χ1v) is 15.6. The summed E-state index contributed by atoms with van der Waals surface area (Å²) in [6, 6.07) is 7.18. The smallest absolute Gasteiger partial charge is 0.246 e. The van der Waals surface area contributed by atoms with Crippen molar-refractivity contribution >= 4 is 23.4 Å². The van der Waals surface area contributed by atoms with Crippen molar-refractivity contribution in [2.24, 2.45) is 11.8 Å². The number of carbonyl (C=O) groups excluding carboxylic acids is 3. The molecule has 0 radical (unpaired) electrons. The summed E-state index contributed by atoms with van der Waals surface area (Å²) in [6.45, 7) is 8.73. The van der Waals surface area contributed by atoms with Crippen LogP contribution in [0.3, 0.4) is 0 Å². The molecule has 6 rings (SSSR count). The fourth-order valence-corrected chi connectivity index (χ4v) is 7.50. The average molecular weight is 565 g/mol. The van der Waals surface area contributed by atoms with Gasteiger partial charge in [-0.1, -0.05) is 57.4 Å². The zero-order chi connectivity index (χ0) is 28.6. The zero-order valence-corrected chi connectivity index (χ0v) is 24.3. The molecule has 4 aliphatic heterocycles. The molecule has 9 nitrogen and oxygen atoms in total. The van der Waals surface area contributed by atoms with Crippen molar-refractivity contribution in [3.8, 4) is 0 Å². The molecule has 1 aliphatic carbocycles. The number of amides is 3. The first kappa shape index (κ1) is 28.4. The molecule has 1 aromatic carbocycles. The summed E-state index contributed by atoms with van der Waals surface area (Å²) >= 11 is 0. The maximum atomic E-state index is 14.2. The molecule has 5 atom stereocenters. The highest BCUT2D eigenvalue weighted by atomic mass is 16.5. The Kier molecular flexibility index (Phi) is 8.21. The van der Waals surface area contributed by atoms with Crippen molar-refractivity contribution < 1.29 is 23.9 Å². The summed E-state index contributed by atoms with van der Waals surface area (Å²) < 4.78 is 12.0. The van der Waals surface area contributed by atoms with E-state index < -0.39 is 29.6 Å². The van der Waals surface area contributed by atoms with Gasteiger partial charge in [0.15, 0.2) is 0 Å².